The van der Waals surface area contributed by atoms with Gasteiger partial charge in [-0.25, -0.2) is 0 Å². The minimum absolute atomic E-state index is 0.0781. The molecule has 4 heteroatoms. The van der Waals surface area contributed by atoms with Gasteiger partial charge in [0.15, 0.2) is 11.6 Å². The molecule has 0 radical (unpaired) electrons. The zero-order chi connectivity index (χ0) is 14.2. The third kappa shape index (κ3) is 2.88. The van der Waals surface area contributed by atoms with Crippen LogP contribution in [0, 0.1) is 11.8 Å². The van der Waals surface area contributed by atoms with Crippen molar-refractivity contribution >= 4 is 11.6 Å². The average molecular weight is 264 g/mol. The summed E-state index contributed by atoms with van der Waals surface area (Å²) >= 11 is 0. The van der Waals surface area contributed by atoms with Crippen molar-refractivity contribution in [2.75, 3.05) is 0 Å². The molecule has 2 atom stereocenters. The molecule has 104 valence electrons. The van der Waals surface area contributed by atoms with Crippen LogP contribution in [0.25, 0.3) is 0 Å². The molecular weight excluding hydrogens is 244 g/mol. The molecule has 2 N–H and O–H groups in total. The SMILES string of the molecule is CC1CC(=O)C(CC2=C(O)CC(C)CC2=O)=C(O)C1. The van der Waals surface area contributed by atoms with Gasteiger partial charge in [-0.15, -0.1) is 0 Å². The van der Waals surface area contributed by atoms with Gasteiger partial charge >= 0.3 is 0 Å². The molecule has 0 aromatic carbocycles. The summed E-state index contributed by atoms with van der Waals surface area (Å²) in [4.78, 5) is 23.9. The van der Waals surface area contributed by atoms with E-state index >= 15 is 0 Å². The molecule has 0 aliphatic heterocycles. The maximum Gasteiger partial charge on any atom is 0.162 e. The molecule has 2 aliphatic carbocycles. The third-order valence-electron chi connectivity index (χ3n) is 3.87. The van der Waals surface area contributed by atoms with Crippen LogP contribution in [0.4, 0.5) is 0 Å². The van der Waals surface area contributed by atoms with Gasteiger partial charge in [0.25, 0.3) is 0 Å². The van der Waals surface area contributed by atoms with E-state index in [9.17, 15) is 19.8 Å². The minimum atomic E-state index is -0.108. The number of rotatable bonds is 2. The lowest BCUT2D eigenvalue weighted by Gasteiger charge is -2.24. The van der Waals surface area contributed by atoms with Crippen LogP contribution >= 0.6 is 0 Å². The smallest absolute Gasteiger partial charge is 0.162 e. The van der Waals surface area contributed by atoms with E-state index in [0.717, 1.165) is 0 Å². The molecule has 2 unspecified atom stereocenters. The summed E-state index contributed by atoms with van der Waals surface area (Å²) < 4.78 is 0. The van der Waals surface area contributed by atoms with Crippen molar-refractivity contribution in [3.8, 4) is 0 Å². The highest BCUT2D eigenvalue weighted by molar-refractivity contribution is 6.02. The highest BCUT2D eigenvalue weighted by atomic mass is 16.3. The topological polar surface area (TPSA) is 74.6 Å². The number of allylic oxidation sites excluding steroid dienone is 4. The van der Waals surface area contributed by atoms with Gasteiger partial charge in [0.1, 0.15) is 0 Å². The van der Waals surface area contributed by atoms with Crippen molar-refractivity contribution in [3.63, 3.8) is 0 Å². The lowest BCUT2D eigenvalue weighted by atomic mass is 9.81. The second kappa shape index (κ2) is 5.19. The highest BCUT2D eigenvalue weighted by Crippen LogP contribution is 2.33. The Morgan fingerprint density at radius 1 is 0.842 bits per heavy atom. The average Bonchev–Trinajstić information content (AvgIpc) is 2.25. The first kappa shape index (κ1) is 13.8. The summed E-state index contributed by atoms with van der Waals surface area (Å²) in [5.41, 5.74) is 0.616. The molecule has 0 aromatic heterocycles. The molecule has 2 aliphatic rings. The summed E-state index contributed by atoms with van der Waals surface area (Å²) in [6.07, 6.45) is 1.82. The number of carbonyl (C=O) groups excluding carboxylic acids is 2. The van der Waals surface area contributed by atoms with E-state index in [2.05, 4.69) is 0 Å². The van der Waals surface area contributed by atoms with Gasteiger partial charge in [-0.1, -0.05) is 13.8 Å². The Hall–Kier alpha value is -1.58. The maximum atomic E-state index is 11.9. The van der Waals surface area contributed by atoms with Crippen LogP contribution in [0.5, 0.6) is 0 Å². The summed E-state index contributed by atoms with van der Waals surface area (Å²) in [6.45, 7) is 3.82. The number of hydrogen-bond acceptors (Lipinski definition) is 4. The van der Waals surface area contributed by atoms with Gasteiger partial charge in [0, 0.05) is 43.3 Å². The Morgan fingerprint density at radius 2 is 1.21 bits per heavy atom. The molecule has 0 heterocycles. The fraction of sp³-hybridized carbons (Fsp3) is 0.600. The van der Waals surface area contributed by atoms with Gasteiger partial charge in [-0.05, 0) is 11.8 Å². The van der Waals surface area contributed by atoms with Crippen LogP contribution in [0.15, 0.2) is 22.7 Å². The van der Waals surface area contributed by atoms with Crippen LogP contribution in [-0.4, -0.2) is 21.8 Å². The van der Waals surface area contributed by atoms with Crippen LogP contribution < -0.4 is 0 Å². The quantitative estimate of drug-likeness (QED) is 0.804. The van der Waals surface area contributed by atoms with Crippen LogP contribution in [0.1, 0.15) is 46.0 Å². The van der Waals surface area contributed by atoms with Crippen molar-refractivity contribution in [2.45, 2.75) is 46.0 Å². The van der Waals surface area contributed by atoms with E-state index in [0.29, 0.717) is 36.8 Å². The van der Waals surface area contributed by atoms with Gasteiger partial charge in [-0.3, -0.25) is 9.59 Å². The summed E-state index contributed by atoms with van der Waals surface area (Å²) in [7, 11) is 0. The first-order valence-corrected chi connectivity index (χ1v) is 6.76. The van der Waals surface area contributed by atoms with E-state index in [1.165, 1.54) is 0 Å². The third-order valence-corrected chi connectivity index (χ3v) is 3.87. The maximum absolute atomic E-state index is 11.9. The summed E-state index contributed by atoms with van der Waals surface area (Å²) in [5, 5.41) is 19.8. The monoisotopic (exact) mass is 264 g/mol. The van der Waals surface area contributed by atoms with E-state index in [4.69, 9.17) is 0 Å². The van der Waals surface area contributed by atoms with Crippen LogP contribution in [0.2, 0.25) is 0 Å². The van der Waals surface area contributed by atoms with Crippen molar-refractivity contribution in [3.05, 3.63) is 22.7 Å². The number of aliphatic hydroxyl groups is 2. The minimum Gasteiger partial charge on any atom is -0.512 e. The van der Waals surface area contributed by atoms with E-state index in [-0.39, 0.29) is 41.3 Å². The predicted octanol–water partition coefficient (Wildman–Crippen LogP) is 3.00. The standard InChI is InChI=1S/C15H20O4/c1-8-3-12(16)10(13(17)4-8)7-11-14(18)5-9(2)6-15(11)19/h8-9,16,18H,3-7H2,1-2H3. The van der Waals surface area contributed by atoms with Crippen molar-refractivity contribution < 1.29 is 19.8 Å². The molecule has 0 amide bonds. The second-order valence-corrected chi connectivity index (χ2v) is 5.90. The molecule has 2 rings (SSSR count). The van der Waals surface area contributed by atoms with Gasteiger partial charge < -0.3 is 10.2 Å². The first-order valence-electron chi connectivity index (χ1n) is 6.76. The zero-order valence-corrected chi connectivity index (χ0v) is 11.4. The molecule has 0 fully saturated rings. The Labute approximate surface area is 112 Å². The lowest BCUT2D eigenvalue weighted by Crippen LogP contribution is -2.22. The summed E-state index contributed by atoms with van der Waals surface area (Å²) in [5.74, 6) is 0.221. The molecule has 0 saturated carbocycles. The highest BCUT2D eigenvalue weighted by Gasteiger charge is 2.30. The molecule has 0 bridgehead atoms. The number of aliphatic hydroxyl groups excluding tert-OH is 2. The van der Waals surface area contributed by atoms with E-state index < -0.39 is 0 Å². The van der Waals surface area contributed by atoms with Gasteiger partial charge in [0.2, 0.25) is 0 Å². The molecule has 19 heavy (non-hydrogen) atoms. The lowest BCUT2D eigenvalue weighted by molar-refractivity contribution is -0.117. The van der Waals surface area contributed by atoms with Crippen molar-refractivity contribution in [2.24, 2.45) is 11.8 Å². The predicted molar refractivity (Wildman–Crippen MR) is 70.7 cm³/mol. The van der Waals surface area contributed by atoms with Crippen LogP contribution in [-0.2, 0) is 9.59 Å². The van der Waals surface area contributed by atoms with Crippen molar-refractivity contribution in [1.82, 2.24) is 0 Å². The first-order chi connectivity index (χ1) is 8.88. The molecule has 4 nitrogen and oxygen atoms in total. The zero-order valence-electron chi connectivity index (χ0n) is 11.4. The molecule has 0 saturated heterocycles. The Balaban J connectivity index is 2.26. The van der Waals surface area contributed by atoms with Gasteiger partial charge in [0.05, 0.1) is 11.5 Å². The Morgan fingerprint density at radius 3 is 1.53 bits per heavy atom. The summed E-state index contributed by atoms with van der Waals surface area (Å²) in [6, 6.07) is 0. The van der Waals surface area contributed by atoms with E-state index in [1.807, 2.05) is 13.8 Å². The molecular formula is C15H20O4. The van der Waals surface area contributed by atoms with E-state index in [1.54, 1.807) is 0 Å². The normalized spacial score (nSPS) is 29.2. The fourth-order valence-electron chi connectivity index (χ4n) is 2.83. The fourth-order valence-corrected chi connectivity index (χ4v) is 2.83. The number of hydrogen-bond donors (Lipinski definition) is 2. The number of Topliss-reactive ketones (excluding diaryl/α,β-unsaturated/α-hetero) is 2. The van der Waals surface area contributed by atoms with Crippen molar-refractivity contribution in [1.29, 1.82) is 0 Å². The largest absolute Gasteiger partial charge is 0.512 e. The molecule has 0 spiro atoms. The van der Waals surface area contributed by atoms with Crippen LogP contribution in [0.3, 0.4) is 0 Å². The number of carbonyl (C=O) groups is 2. The Bertz CT molecular complexity index is 440. The number of ketones is 2. The van der Waals surface area contributed by atoms with Gasteiger partial charge in [-0.2, -0.15) is 0 Å². The molecule has 0 aromatic rings. The second-order valence-electron chi connectivity index (χ2n) is 5.90. The Kier molecular flexibility index (Phi) is 3.78.